The molecule has 1 aromatic carbocycles. The van der Waals surface area contributed by atoms with Gasteiger partial charge in [-0.25, -0.2) is 4.98 Å². The second-order valence-corrected chi connectivity index (χ2v) is 6.13. The van der Waals surface area contributed by atoms with Crippen molar-refractivity contribution in [2.24, 2.45) is 0 Å². The largest absolute Gasteiger partial charge is 0.494 e. The van der Waals surface area contributed by atoms with Crippen LogP contribution in [0.1, 0.15) is 0 Å². The SMILES string of the molecule is COc1cc(N2CCN(C)CC2)ccc1Nc1nc(N)ncc1Cl. The van der Waals surface area contributed by atoms with Crippen LogP contribution in [0, 0.1) is 0 Å². The van der Waals surface area contributed by atoms with Gasteiger partial charge in [-0.3, -0.25) is 0 Å². The van der Waals surface area contributed by atoms with Crippen LogP contribution in [0.5, 0.6) is 5.75 Å². The molecule has 0 unspecified atom stereocenters. The Morgan fingerprint density at radius 3 is 2.71 bits per heavy atom. The van der Waals surface area contributed by atoms with Gasteiger partial charge in [-0.15, -0.1) is 0 Å². The van der Waals surface area contributed by atoms with E-state index in [4.69, 9.17) is 22.1 Å². The number of hydrogen-bond acceptors (Lipinski definition) is 7. The van der Waals surface area contributed by atoms with E-state index in [0.717, 1.165) is 43.3 Å². The van der Waals surface area contributed by atoms with Gasteiger partial charge in [0.15, 0.2) is 5.82 Å². The minimum absolute atomic E-state index is 0.162. The van der Waals surface area contributed by atoms with Crippen molar-refractivity contribution < 1.29 is 4.74 Å². The number of anilines is 4. The van der Waals surface area contributed by atoms with Crippen LogP contribution in [0.3, 0.4) is 0 Å². The second kappa shape index (κ2) is 7.11. The van der Waals surface area contributed by atoms with Crippen LogP contribution in [0.25, 0.3) is 0 Å². The van der Waals surface area contributed by atoms with Crippen molar-refractivity contribution in [3.63, 3.8) is 0 Å². The predicted octanol–water partition coefficient (Wildman–Crippen LogP) is 2.22. The smallest absolute Gasteiger partial charge is 0.222 e. The van der Waals surface area contributed by atoms with Crippen molar-refractivity contribution in [1.29, 1.82) is 0 Å². The molecular weight excluding hydrogens is 328 g/mol. The third-order valence-corrected chi connectivity index (χ3v) is 4.35. The minimum Gasteiger partial charge on any atom is -0.494 e. The van der Waals surface area contributed by atoms with Crippen molar-refractivity contribution in [3.8, 4) is 5.75 Å². The molecular formula is C16H21ClN6O. The number of ether oxygens (including phenoxy) is 1. The van der Waals surface area contributed by atoms with Crippen LogP contribution >= 0.6 is 11.6 Å². The molecule has 0 saturated carbocycles. The Balaban J connectivity index is 1.83. The number of hydrogen-bond donors (Lipinski definition) is 2. The Bertz CT molecular complexity index is 718. The Morgan fingerprint density at radius 2 is 2.00 bits per heavy atom. The highest BCUT2D eigenvalue weighted by Gasteiger charge is 2.16. The molecule has 0 aliphatic carbocycles. The summed E-state index contributed by atoms with van der Waals surface area (Å²) in [6.07, 6.45) is 1.47. The zero-order valence-corrected chi connectivity index (χ0v) is 14.5. The molecule has 3 N–H and O–H groups in total. The second-order valence-electron chi connectivity index (χ2n) is 5.72. The Kier molecular flexibility index (Phi) is 4.92. The van der Waals surface area contributed by atoms with Crippen LogP contribution in [0.2, 0.25) is 5.02 Å². The summed E-state index contributed by atoms with van der Waals surface area (Å²) >= 11 is 6.11. The van der Waals surface area contributed by atoms with Crippen LogP contribution in [-0.2, 0) is 0 Å². The van der Waals surface area contributed by atoms with E-state index >= 15 is 0 Å². The highest BCUT2D eigenvalue weighted by Crippen LogP contribution is 2.33. The number of halogens is 1. The number of benzene rings is 1. The number of piperazine rings is 1. The number of methoxy groups -OCH3 is 1. The average Bonchev–Trinajstić information content (AvgIpc) is 2.59. The van der Waals surface area contributed by atoms with E-state index in [9.17, 15) is 0 Å². The van der Waals surface area contributed by atoms with E-state index in [1.807, 2.05) is 12.1 Å². The molecule has 0 radical (unpaired) electrons. The topological polar surface area (TPSA) is 79.5 Å². The predicted molar refractivity (Wildman–Crippen MR) is 97.4 cm³/mol. The van der Waals surface area contributed by atoms with Gasteiger partial charge < -0.3 is 25.6 Å². The van der Waals surface area contributed by atoms with Crippen molar-refractivity contribution in [3.05, 3.63) is 29.4 Å². The summed E-state index contributed by atoms with van der Waals surface area (Å²) in [5, 5.41) is 3.55. The van der Waals surface area contributed by atoms with Gasteiger partial charge in [0.25, 0.3) is 0 Å². The lowest BCUT2D eigenvalue weighted by atomic mass is 10.2. The fourth-order valence-corrected chi connectivity index (χ4v) is 2.78. The first-order valence-corrected chi connectivity index (χ1v) is 8.11. The maximum Gasteiger partial charge on any atom is 0.222 e. The standard InChI is InChI=1S/C16H21ClN6O/c1-22-5-7-23(8-6-22)11-3-4-13(14(9-11)24-2)20-15-12(17)10-19-16(18)21-15/h3-4,9-10H,5-8H2,1-2H3,(H3,18,19,20,21). The van der Waals surface area contributed by atoms with Crippen LogP contribution in [0.15, 0.2) is 24.4 Å². The summed E-state index contributed by atoms with van der Waals surface area (Å²) in [6.45, 7) is 4.11. The average molecular weight is 349 g/mol. The molecule has 0 bridgehead atoms. The molecule has 3 rings (SSSR count). The molecule has 0 atom stereocenters. The number of nitrogens with two attached hydrogens (primary N) is 1. The van der Waals surface area contributed by atoms with Crippen molar-refractivity contribution in [1.82, 2.24) is 14.9 Å². The van der Waals surface area contributed by atoms with Gasteiger partial charge in [-0.2, -0.15) is 4.98 Å². The van der Waals surface area contributed by atoms with E-state index in [2.05, 4.69) is 38.2 Å². The number of likely N-dealkylation sites (N-methyl/N-ethyl adjacent to an activating group) is 1. The molecule has 1 aliphatic rings. The number of nitrogens with one attached hydrogen (secondary N) is 1. The monoisotopic (exact) mass is 348 g/mol. The Hall–Kier alpha value is -2.25. The summed E-state index contributed by atoms with van der Waals surface area (Å²) < 4.78 is 5.52. The lowest BCUT2D eigenvalue weighted by Gasteiger charge is -2.34. The third-order valence-electron chi connectivity index (χ3n) is 4.07. The normalized spacial score (nSPS) is 15.4. The first kappa shape index (κ1) is 16.6. The summed E-state index contributed by atoms with van der Waals surface area (Å²) in [5.41, 5.74) is 7.53. The molecule has 1 fully saturated rings. The zero-order valence-electron chi connectivity index (χ0n) is 13.8. The molecule has 24 heavy (non-hydrogen) atoms. The van der Waals surface area contributed by atoms with Crippen molar-refractivity contribution in [2.45, 2.75) is 0 Å². The number of rotatable bonds is 4. The molecule has 1 saturated heterocycles. The maximum atomic E-state index is 6.11. The Morgan fingerprint density at radius 1 is 1.25 bits per heavy atom. The van der Waals surface area contributed by atoms with Crippen LogP contribution < -0.4 is 20.7 Å². The number of aromatic nitrogens is 2. The molecule has 2 heterocycles. The quantitative estimate of drug-likeness (QED) is 0.876. The lowest BCUT2D eigenvalue weighted by Crippen LogP contribution is -2.44. The molecule has 8 heteroatoms. The van der Waals surface area contributed by atoms with E-state index in [-0.39, 0.29) is 5.95 Å². The van der Waals surface area contributed by atoms with Gasteiger partial charge in [0, 0.05) is 37.9 Å². The molecule has 0 spiro atoms. The maximum absolute atomic E-state index is 6.11. The highest BCUT2D eigenvalue weighted by molar-refractivity contribution is 6.32. The highest BCUT2D eigenvalue weighted by atomic mass is 35.5. The van der Waals surface area contributed by atoms with E-state index < -0.39 is 0 Å². The molecule has 0 amide bonds. The minimum atomic E-state index is 0.162. The zero-order chi connectivity index (χ0) is 17.1. The molecule has 1 aliphatic heterocycles. The Labute approximate surface area is 146 Å². The van der Waals surface area contributed by atoms with Gasteiger partial charge in [-0.1, -0.05) is 11.6 Å². The van der Waals surface area contributed by atoms with Gasteiger partial charge in [0.05, 0.1) is 19.0 Å². The number of nitrogen functional groups attached to an aromatic ring is 1. The van der Waals surface area contributed by atoms with Crippen molar-refractivity contribution >= 4 is 34.7 Å². The van der Waals surface area contributed by atoms with Gasteiger partial charge in [0.1, 0.15) is 10.8 Å². The van der Waals surface area contributed by atoms with Gasteiger partial charge >= 0.3 is 0 Å². The van der Waals surface area contributed by atoms with Gasteiger partial charge in [0.2, 0.25) is 5.95 Å². The number of nitrogens with zero attached hydrogens (tertiary/aromatic N) is 4. The first-order valence-electron chi connectivity index (χ1n) is 7.73. The van der Waals surface area contributed by atoms with E-state index in [1.165, 1.54) is 6.20 Å². The molecule has 2 aromatic rings. The van der Waals surface area contributed by atoms with Crippen LogP contribution in [0.4, 0.5) is 23.1 Å². The molecule has 7 nitrogen and oxygen atoms in total. The summed E-state index contributed by atoms with van der Waals surface area (Å²) in [4.78, 5) is 12.6. The van der Waals surface area contributed by atoms with Gasteiger partial charge in [-0.05, 0) is 19.2 Å². The fourth-order valence-electron chi connectivity index (χ4n) is 2.64. The molecule has 128 valence electrons. The summed E-state index contributed by atoms with van der Waals surface area (Å²) in [6, 6.07) is 6.04. The first-order chi connectivity index (χ1) is 11.6. The van der Waals surface area contributed by atoms with Crippen LogP contribution in [-0.4, -0.2) is 55.2 Å². The van der Waals surface area contributed by atoms with E-state index in [0.29, 0.717) is 10.8 Å². The lowest BCUT2D eigenvalue weighted by molar-refractivity contribution is 0.312. The van der Waals surface area contributed by atoms with Crippen molar-refractivity contribution in [2.75, 3.05) is 56.3 Å². The third kappa shape index (κ3) is 3.63. The van der Waals surface area contributed by atoms with E-state index in [1.54, 1.807) is 7.11 Å². The summed E-state index contributed by atoms with van der Waals surface area (Å²) in [7, 11) is 3.78. The summed E-state index contributed by atoms with van der Waals surface area (Å²) in [5.74, 6) is 1.34. The molecule has 1 aromatic heterocycles. The fraction of sp³-hybridized carbons (Fsp3) is 0.375.